The van der Waals surface area contributed by atoms with Gasteiger partial charge in [0.1, 0.15) is 0 Å². The molecule has 3 saturated heterocycles. The van der Waals surface area contributed by atoms with Crippen molar-refractivity contribution in [3.8, 4) is 5.75 Å². The van der Waals surface area contributed by atoms with Gasteiger partial charge in [-0.25, -0.2) is 0 Å². The van der Waals surface area contributed by atoms with E-state index in [1.54, 1.807) is 6.07 Å². The summed E-state index contributed by atoms with van der Waals surface area (Å²) in [6, 6.07) is 4.35. The first kappa shape index (κ1) is 21.9. The van der Waals surface area contributed by atoms with Crippen LogP contribution in [0.2, 0.25) is 0 Å². The van der Waals surface area contributed by atoms with E-state index in [1.807, 2.05) is 6.07 Å². The number of methoxy groups -OCH3 is 1. The van der Waals surface area contributed by atoms with E-state index in [9.17, 15) is 10.1 Å². The monoisotopic (exact) mass is 443 g/mol. The number of piperazine rings is 1. The Bertz CT molecular complexity index is 808. The molecule has 1 N–H and O–H groups in total. The number of ether oxygens (including phenoxy) is 1. The minimum atomic E-state index is -0.316. The van der Waals surface area contributed by atoms with Crippen molar-refractivity contribution >= 4 is 11.4 Å². The van der Waals surface area contributed by atoms with Crippen molar-refractivity contribution in [1.29, 1.82) is 0 Å². The zero-order chi connectivity index (χ0) is 22.1. The van der Waals surface area contributed by atoms with Gasteiger partial charge in [0.2, 0.25) is 0 Å². The van der Waals surface area contributed by atoms with E-state index >= 15 is 0 Å². The second-order valence-electron chi connectivity index (χ2n) is 10.0. The van der Waals surface area contributed by atoms with E-state index in [-0.39, 0.29) is 10.6 Å². The fourth-order valence-corrected chi connectivity index (χ4v) is 5.89. The van der Waals surface area contributed by atoms with Crippen molar-refractivity contribution in [3.63, 3.8) is 0 Å². The molecule has 4 aliphatic rings. The molecular formula is C24H37N5O3. The first-order valence-electron chi connectivity index (χ1n) is 12.4. The molecule has 0 spiro atoms. The van der Waals surface area contributed by atoms with E-state index in [4.69, 9.17) is 4.74 Å². The van der Waals surface area contributed by atoms with Gasteiger partial charge in [-0.05, 0) is 62.6 Å². The number of nitrogens with one attached hydrogen (secondary N) is 1. The summed E-state index contributed by atoms with van der Waals surface area (Å²) in [6.45, 7) is 10.4. The Labute approximate surface area is 191 Å². The number of benzene rings is 1. The molecule has 0 radical (unpaired) electrons. The number of nitro groups is 1. The zero-order valence-corrected chi connectivity index (χ0v) is 19.3. The molecule has 1 aromatic carbocycles. The highest BCUT2D eigenvalue weighted by Gasteiger charge is 2.34. The number of rotatable bonds is 7. The van der Waals surface area contributed by atoms with Gasteiger partial charge in [-0.1, -0.05) is 0 Å². The minimum absolute atomic E-state index is 0.0966. The van der Waals surface area contributed by atoms with Gasteiger partial charge >= 0.3 is 5.69 Å². The predicted molar refractivity (Wildman–Crippen MR) is 126 cm³/mol. The predicted octanol–water partition coefficient (Wildman–Crippen LogP) is 2.68. The lowest BCUT2D eigenvalue weighted by Crippen LogP contribution is -2.54. The third-order valence-electron chi connectivity index (χ3n) is 7.95. The lowest BCUT2D eigenvalue weighted by molar-refractivity contribution is -0.385. The van der Waals surface area contributed by atoms with E-state index in [0.717, 1.165) is 55.9 Å². The molecule has 1 aliphatic carbocycles. The Morgan fingerprint density at radius 2 is 1.81 bits per heavy atom. The average molecular weight is 444 g/mol. The van der Waals surface area contributed by atoms with Crippen LogP contribution < -0.4 is 15.0 Å². The minimum Gasteiger partial charge on any atom is -0.490 e. The molecule has 5 rings (SSSR count). The molecule has 8 nitrogen and oxygen atoms in total. The Morgan fingerprint density at radius 1 is 1.06 bits per heavy atom. The Kier molecular flexibility index (Phi) is 6.53. The molecule has 32 heavy (non-hydrogen) atoms. The molecule has 8 heteroatoms. The number of anilines is 1. The summed E-state index contributed by atoms with van der Waals surface area (Å²) in [5.41, 5.74) is 2.40. The largest absolute Gasteiger partial charge is 0.490 e. The van der Waals surface area contributed by atoms with Crippen LogP contribution in [0, 0.1) is 16.0 Å². The van der Waals surface area contributed by atoms with Crippen LogP contribution in [-0.2, 0) is 0 Å². The molecule has 1 atom stereocenters. The van der Waals surface area contributed by atoms with Crippen molar-refractivity contribution in [2.75, 3.05) is 70.9 Å². The summed E-state index contributed by atoms with van der Waals surface area (Å²) in [7, 11) is 1.53. The van der Waals surface area contributed by atoms with Crippen LogP contribution in [0.25, 0.3) is 0 Å². The van der Waals surface area contributed by atoms with Gasteiger partial charge < -0.3 is 19.9 Å². The number of nitrogens with zero attached hydrogens (tertiary/aromatic N) is 4. The second kappa shape index (κ2) is 9.53. The van der Waals surface area contributed by atoms with E-state index < -0.39 is 0 Å². The van der Waals surface area contributed by atoms with Gasteiger partial charge in [0.25, 0.3) is 0 Å². The third-order valence-corrected chi connectivity index (χ3v) is 7.95. The topological polar surface area (TPSA) is 74.1 Å². The first-order valence-corrected chi connectivity index (χ1v) is 12.4. The molecule has 0 aromatic heterocycles. The normalized spacial score (nSPS) is 25.9. The highest BCUT2D eigenvalue weighted by molar-refractivity contribution is 5.66. The fourth-order valence-electron chi connectivity index (χ4n) is 5.89. The summed E-state index contributed by atoms with van der Waals surface area (Å²) < 4.78 is 5.38. The van der Waals surface area contributed by atoms with Crippen LogP contribution in [0.1, 0.15) is 43.6 Å². The molecule has 3 heterocycles. The second-order valence-corrected chi connectivity index (χ2v) is 10.0. The van der Waals surface area contributed by atoms with Crippen molar-refractivity contribution in [2.45, 2.75) is 44.1 Å². The maximum atomic E-state index is 11.5. The van der Waals surface area contributed by atoms with Crippen LogP contribution in [0.4, 0.5) is 11.4 Å². The van der Waals surface area contributed by atoms with Crippen molar-refractivity contribution in [3.05, 3.63) is 27.8 Å². The summed E-state index contributed by atoms with van der Waals surface area (Å²) >= 11 is 0. The summed E-state index contributed by atoms with van der Waals surface area (Å²) in [6.07, 6.45) is 5.92. The van der Waals surface area contributed by atoms with Gasteiger partial charge in [0.05, 0.1) is 12.0 Å². The molecule has 1 aromatic rings. The lowest BCUT2D eigenvalue weighted by Gasteiger charge is -2.44. The summed E-state index contributed by atoms with van der Waals surface area (Å²) in [5.74, 6) is 1.68. The van der Waals surface area contributed by atoms with Gasteiger partial charge in [-0.3, -0.25) is 15.0 Å². The fraction of sp³-hybridized carbons (Fsp3) is 0.750. The first-order chi connectivity index (χ1) is 15.6. The SMILES string of the molecule is COc1cc(N2CCC(N3CCN(CC4CCNC4)CC3)CC2)c(C2CC2)cc1[N+](=O)[O-]. The molecule has 0 amide bonds. The molecule has 0 bridgehead atoms. The smallest absolute Gasteiger partial charge is 0.311 e. The number of nitro benzene ring substituents is 1. The number of hydrogen-bond acceptors (Lipinski definition) is 7. The molecule has 1 unspecified atom stereocenters. The van der Waals surface area contributed by atoms with Gasteiger partial charge in [-0.2, -0.15) is 0 Å². The molecule has 1 saturated carbocycles. The maximum absolute atomic E-state index is 11.5. The van der Waals surface area contributed by atoms with Crippen LogP contribution in [0.5, 0.6) is 5.75 Å². The Balaban J connectivity index is 1.18. The standard InChI is InChI=1S/C24H37N5O3/c1-32-24-15-22(21(19-2-3-19)14-23(24)29(30)31)28-8-5-20(6-9-28)27-12-10-26(11-13-27)17-18-4-7-25-16-18/h14-15,18-20,25H,2-13,16-17H2,1H3. The third kappa shape index (κ3) is 4.72. The van der Waals surface area contributed by atoms with E-state index in [2.05, 4.69) is 20.0 Å². The highest BCUT2D eigenvalue weighted by atomic mass is 16.6. The Morgan fingerprint density at radius 3 is 2.41 bits per heavy atom. The van der Waals surface area contributed by atoms with E-state index in [0.29, 0.717) is 17.7 Å². The number of hydrogen-bond donors (Lipinski definition) is 1. The summed E-state index contributed by atoms with van der Waals surface area (Å²) in [4.78, 5) is 19.0. The van der Waals surface area contributed by atoms with Crippen LogP contribution in [0.15, 0.2) is 12.1 Å². The van der Waals surface area contributed by atoms with Crippen LogP contribution >= 0.6 is 0 Å². The molecular weight excluding hydrogens is 406 g/mol. The molecule has 176 valence electrons. The molecule has 4 fully saturated rings. The van der Waals surface area contributed by atoms with Crippen molar-refractivity contribution in [1.82, 2.24) is 15.1 Å². The maximum Gasteiger partial charge on any atom is 0.311 e. The van der Waals surface area contributed by atoms with Gasteiger partial charge in [-0.15, -0.1) is 0 Å². The summed E-state index contributed by atoms with van der Waals surface area (Å²) in [5, 5.41) is 15.0. The van der Waals surface area contributed by atoms with E-state index in [1.165, 1.54) is 59.3 Å². The average Bonchev–Trinajstić information content (AvgIpc) is 3.55. The molecule has 3 aliphatic heterocycles. The van der Waals surface area contributed by atoms with Crippen molar-refractivity contribution < 1.29 is 9.66 Å². The zero-order valence-electron chi connectivity index (χ0n) is 19.3. The van der Waals surface area contributed by atoms with Gasteiger partial charge in [0.15, 0.2) is 5.75 Å². The number of piperidine rings is 1. The Hall–Kier alpha value is -1.90. The quantitative estimate of drug-likeness (QED) is 0.513. The highest BCUT2D eigenvalue weighted by Crippen LogP contribution is 2.48. The van der Waals surface area contributed by atoms with Crippen molar-refractivity contribution in [2.24, 2.45) is 5.92 Å². The lowest BCUT2D eigenvalue weighted by atomic mass is 9.98. The van der Waals surface area contributed by atoms with Crippen LogP contribution in [0.3, 0.4) is 0 Å². The van der Waals surface area contributed by atoms with Crippen LogP contribution in [-0.4, -0.2) is 86.8 Å². The van der Waals surface area contributed by atoms with Gasteiger partial charge in [0, 0.05) is 69.7 Å².